The molecule has 1 unspecified atom stereocenters. The number of nitrogens with zero attached hydrogens (tertiary/aromatic N) is 2. The second-order valence-electron chi connectivity index (χ2n) is 5.59. The highest BCUT2D eigenvalue weighted by atomic mass is 35.5. The predicted octanol–water partition coefficient (Wildman–Crippen LogP) is 2.06. The van der Waals surface area contributed by atoms with Gasteiger partial charge in [-0.15, -0.1) is 12.4 Å². The second kappa shape index (κ2) is 10.2. The first-order chi connectivity index (χ1) is 11.5. The van der Waals surface area contributed by atoms with Gasteiger partial charge in [0, 0.05) is 44.9 Å². The van der Waals surface area contributed by atoms with Crippen LogP contribution in [0.4, 0.5) is 0 Å². The van der Waals surface area contributed by atoms with E-state index >= 15 is 0 Å². The standard InChI is InChI=1S/C16H21Cl2N3O3.ClH/c1-24-12(10-19)9-15(22)20-4-6-21(7-5-20)16(23)13-3-2-11(17)8-14(13)18;/h2-3,8,12H,4-7,9-10,19H2,1H3;1H. The number of carbonyl (C=O) groups excluding carboxylic acids is 2. The average Bonchev–Trinajstić information content (AvgIpc) is 2.59. The molecular weight excluding hydrogens is 389 g/mol. The van der Waals surface area contributed by atoms with Gasteiger partial charge in [-0.05, 0) is 18.2 Å². The van der Waals surface area contributed by atoms with Gasteiger partial charge in [-0.1, -0.05) is 23.2 Å². The van der Waals surface area contributed by atoms with Crippen molar-refractivity contribution in [3.05, 3.63) is 33.8 Å². The summed E-state index contributed by atoms with van der Waals surface area (Å²) in [6.45, 7) is 2.19. The van der Waals surface area contributed by atoms with Gasteiger partial charge in [0.1, 0.15) is 0 Å². The van der Waals surface area contributed by atoms with E-state index in [-0.39, 0.29) is 36.7 Å². The zero-order chi connectivity index (χ0) is 17.7. The molecule has 1 fully saturated rings. The van der Waals surface area contributed by atoms with Crippen LogP contribution in [0, 0.1) is 0 Å². The fourth-order valence-electron chi connectivity index (χ4n) is 2.58. The van der Waals surface area contributed by atoms with Crippen LogP contribution >= 0.6 is 35.6 Å². The van der Waals surface area contributed by atoms with Crippen molar-refractivity contribution < 1.29 is 14.3 Å². The molecule has 1 atom stereocenters. The molecule has 2 rings (SSSR count). The third kappa shape index (κ3) is 5.72. The Morgan fingerprint density at radius 2 is 1.80 bits per heavy atom. The molecule has 0 saturated carbocycles. The lowest BCUT2D eigenvalue weighted by Crippen LogP contribution is -2.51. The fraction of sp³-hybridized carbons (Fsp3) is 0.500. The van der Waals surface area contributed by atoms with E-state index in [0.29, 0.717) is 48.3 Å². The van der Waals surface area contributed by atoms with Crippen LogP contribution in [0.3, 0.4) is 0 Å². The Kier molecular flexibility index (Phi) is 8.96. The minimum Gasteiger partial charge on any atom is -0.380 e. The van der Waals surface area contributed by atoms with Crippen LogP contribution < -0.4 is 5.73 Å². The van der Waals surface area contributed by atoms with Gasteiger partial charge in [0.25, 0.3) is 5.91 Å². The minimum absolute atomic E-state index is 0. The molecule has 9 heteroatoms. The monoisotopic (exact) mass is 409 g/mol. The summed E-state index contributed by atoms with van der Waals surface area (Å²) < 4.78 is 5.14. The highest BCUT2D eigenvalue weighted by Gasteiger charge is 2.26. The molecule has 0 spiro atoms. The summed E-state index contributed by atoms with van der Waals surface area (Å²) in [4.78, 5) is 28.2. The molecule has 1 aromatic carbocycles. The summed E-state index contributed by atoms with van der Waals surface area (Å²) in [5, 5.41) is 0.816. The molecule has 0 radical (unpaired) electrons. The molecule has 140 valence electrons. The van der Waals surface area contributed by atoms with Crippen molar-refractivity contribution in [1.82, 2.24) is 9.80 Å². The summed E-state index contributed by atoms with van der Waals surface area (Å²) in [5.41, 5.74) is 5.96. The van der Waals surface area contributed by atoms with Gasteiger partial charge >= 0.3 is 0 Å². The van der Waals surface area contributed by atoms with Gasteiger partial charge in [-0.3, -0.25) is 9.59 Å². The molecule has 25 heavy (non-hydrogen) atoms. The first-order valence-corrected chi connectivity index (χ1v) is 8.46. The average molecular weight is 411 g/mol. The summed E-state index contributed by atoms with van der Waals surface area (Å²) in [6.07, 6.45) is -0.0192. The Bertz CT molecular complexity index is 604. The van der Waals surface area contributed by atoms with Gasteiger partial charge in [-0.25, -0.2) is 0 Å². The van der Waals surface area contributed by atoms with E-state index in [4.69, 9.17) is 33.7 Å². The number of carbonyl (C=O) groups is 2. The number of hydrogen-bond acceptors (Lipinski definition) is 4. The maximum atomic E-state index is 12.5. The lowest BCUT2D eigenvalue weighted by atomic mass is 10.1. The van der Waals surface area contributed by atoms with Crippen LogP contribution in [-0.4, -0.2) is 67.6 Å². The topological polar surface area (TPSA) is 75.9 Å². The van der Waals surface area contributed by atoms with E-state index < -0.39 is 0 Å². The number of hydrogen-bond donors (Lipinski definition) is 1. The maximum Gasteiger partial charge on any atom is 0.255 e. The van der Waals surface area contributed by atoms with Crippen molar-refractivity contribution in [3.63, 3.8) is 0 Å². The molecule has 1 saturated heterocycles. The number of halogens is 3. The summed E-state index contributed by atoms with van der Waals surface area (Å²) in [7, 11) is 1.54. The highest BCUT2D eigenvalue weighted by molar-refractivity contribution is 6.36. The van der Waals surface area contributed by atoms with Crippen molar-refractivity contribution in [1.29, 1.82) is 0 Å². The number of piperazine rings is 1. The minimum atomic E-state index is -0.273. The molecule has 0 aromatic heterocycles. The van der Waals surface area contributed by atoms with E-state index in [1.54, 1.807) is 28.0 Å². The number of ether oxygens (including phenoxy) is 1. The fourth-order valence-corrected chi connectivity index (χ4v) is 3.07. The van der Waals surface area contributed by atoms with Crippen molar-refractivity contribution in [2.45, 2.75) is 12.5 Å². The van der Waals surface area contributed by atoms with E-state index in [9.17, 15) is 9.59 Å². The molecule has 6 nitrogen and oxygen atoms in total. The van der Waals surface area contributed by atoms with Gasteiger partial charge in [-0.2, -0.15) is 0 Å². The van der Waals surface area contributed by atoms with E-state index in [1.165, 1.54) is 7.11 Å². The first kappa shape index (κ1) is 22.0. The van der Waals surface area contributed by atoms with E-state index in [1.807, 2.05) is 0 Å². The summed E-state index contributed by atoms with van der Waals surface area (Å²) >= 11 is 11.9. The third-order valence-electron chi connectivity index (χ3n) is 4.08. The van der Waals surface area contributed by atoms with Crippen LogP contribution in [0.15, 0.2) is 18.2 Å². The lowest BCUT2D eigenvalue weighted by Gasteiger charge is -2.35. The summed E-state index contributed by atoms with van der Waals surface area (Å²) in [6, 6.07) is 4.81. The predicted molar refractivity (Wildman–Crippen MR) is 101 cm³/mol. The Hall–Kier alpha value is -1.05. The molecular formula is C16H22Cl3N3O3. The van der Waals surface area contributed by atoms with Crippen molar-refractivity contribution in [2.75, 3.05) is 39.8 Å². The molecule has 1 aliphatic heterocycles. The molecule has 2 amide bonds. The molecule has 1 aliphatic rings. The number of rotatable bonds is 5. The quantitative estimate of drug-likeness (QED) is 0.806. The van der Waals surface area contributed by atoms with Crippen LogP contribution in [0.25, 0.3) is 0 Å². The van der Waals surface area contributed by atoms with Crippen LogP contribution in [-0.2, 0) is 9.53 Å². The summed E-state index contributed by atoms with van der Waals surface area (Å²) in [5.74, 6) is -0.163. The SMILES string of the molecule is COC(CN)CC(=O)N1CCN(C(=O)c2ccc(Cl)cc2Cl)CC1.Cl. The molecule has 0 bridgehead atoms. The Labute approximate surface area is 163 Å². The number of nitrogens with two attached hydrogens (primary N) is 1. The van der Waals surface area contributed by atoms with Crippen molar-refractivity contribution in [2.24, 2.45) is 5.73 Å². The van der Waals surface area contributed by atoms with E-state index in [2.05, 4.69) is 0 Å². The van der Waals surface area contributed by atoms with Crippen LogP contribution in [0.1, 0.15) is 16.8 Å². The van der Waals surface area contributed by atoms with E-state index in [0.717, 1.165) is 0 Å². The van der Waals surface area contributed by atoms with Gasteiger partial charge in [0.15, 0.2) is 0 Å². The zero-order valence-corrected chi connectivity index (χ0v) is 16.2. The van der Waals surface area contributed by atoms with Crippen molar-refractivity contribution >= 4 is 47.4 Å². The Morgan fingerprint density at radius 1 is 1.20 bits per heavy atom. The molecule has 1 heterocycles. The smallest absolute Gasteiger partial charge is 0.255 e. The first-order valence-electron chi connectivity index (χ1n) is 7.71. The second-order valence-corrected chi connectivity index (χ2v) is 6.44. The Morgan fingerprint density at radius 3 is 2.32 bits per heavy atom. The highest BCUT2D eigenvalue weighted by Crippen LogP contribution is 2.23. The van der Waals surface area contributed by atoms with Crippen LogP contribution in [0.2, 0.25) is 10.0 Å². The van der Waals surface area contributed by atoms with Gasteiger partial charge in [0.2, 0.25) is 5.91 Å². The normalized spacial score (nSPS) is 15.5. The molecule has 0 aliphatic carbocycles. The van der Waals surface area contributed by atoms with Gasteiger partial charge < -0.3 is 20.3 Å². The van der Waals surface area contributed by atoms with Crippen LogP contribution in [0.5, 0.6) is 0 Å². The number of methoxy groups -OCH3 is 1. The largest absolute Gasteiger partial charge is 0.380 e. The number of benzene rings is 1. The Balaban J connectivity index is 0.00000312. The lowest BCUT2D eigenvalue weighted by molar-refractivity contribution is -0.135. The number of amides is 2. The zero-order valence-electron chi connectivity index (χ0n) is 13.9. The third-order valence-corrected chi connectivity index (χ3v) is 4.63. The van der Waals surface area contributed by atoms with Crippen molar-refractivity contribution in [3.8, 4) is 0 Å². The molecule has 2 N–H and O–H groups in total. The van der Waals surface area contributed by atoms with Gasteiger partial charge in [0.05, 0.1) is 23.1 Å². The molecule has 1 aromatic rings. The maximum absolute atomic E-state index is 12.5.